The molecule has 2 aliphatic heterocycles. The Bertz CT molecular complexity index is 966. The number of carbonyl (C=O) groups excluding carboxylic acids is 3. The zero-order valence-corrected chi connectivity index (χ0v) is 18.2. The van der Waals surface area contributed by atoms with Crippen LogP contribution in [0.3, 0.4) is 0 Å². The van der Waals surface area contributed by atoms with Gasteiger partial charge in [0.2, 0.25) is 17.7 Å². The maximum absolute atomic E-state index is 13.0. The Kier molecular flexibility index (Phi) is 7.00. The van der Waals surface area contributed by atoms with Crippen LogP contribution in [0.1, 0.15) is 30.4 Å². The lowest BCUT2D eigenvalue weighted by molar-refractivity contribution is -0.137. The Morgan fingerprint density at radius 3 is 2.31 bits per heavy atom. The van der Waals surface area contributed by atoms with Crippen molar-refractivity contribution in [3.8, 4) is 0 Å². The minimum Gasteiger partial charge on any atom is -0.350 e. The number of hydrogen-bond donors (Lipinski definition) is 1. The lowest BCUT2D eigenvalue weighted by Crippen LogP contribution is -2.48. The van der Waals surface area contributed by atoms with E-state index >= 15 is 0 Å². The molecular weight excluding hydrogens is 402 g/mol. The summed E-state index contributed by atoms with van der Waals surface area (Å²) >= 11 is 0. The summed E-state index contributed by atoms with van der Waals surface area (Å²) in [7, 11) is 0. The topological polar surface area (TPSA) is 69.7 Å². The van der Waals surface area contributed by atoms with E-state index in [1.54, 1.807) is 17.1 Å². The highest BCUT2D eigenvalue weighted by Crippen LogP contribution is 2.24. The van der Waals surface area contributed by atoms with Crippen molar-refractivity contribution < 1.29 is 14.4 Å². The lowest BCUT2D eigenvalue weighted by Gasteiger charge is -2.33. The van der Waals surface area contributed by atoms with E-state index in [9.17, 15) is 14.4 Å². The summed E-state index contributed by atoms with van der Waals surface area (Å²) in [6, 6.07) is 19.6. The van der Waals surface area contributed by atoms with E-state index < -0.39 is 0 Å². The predicted octanol–water partition coefficient (Wildman–Crippen LogP) is 2.86. The van der Waals surface area contributed by atoms with Crippen molar-refractivity contribution in [1.29, 1.82) is 0 Å². The average molecular weight is 432 g/mol. The van der Waals surface area contributed by atoms with Gasteiger partial charge in [-0.25, -0.2) is 0 Å². The van der Waals surface area contributed by atoms with Crippen molar-refractivity contribution in [2.75, 3.05) is 19.6 Å². The van der Waals surface area contributed by atoms with Gasteiger partial charge in [-0.1, -0.05) is 60.7 Å². The smallest absolute Gasteiger partial charge is 0.244 e. The number of amides is 3. The minimum atomic E-state index is -0.272. The predicted molar refractivity (Wildman–Crippen MR) is 123 cm³/mol. The molecule has 0 bridgehead atoms. The van der Waals surface area contributed by atoms with Crippen LogP contribution in [0.2, 0.25) is 0 Å². The fourth-order valence-electron chi connectivity index (χ4n) is 4.38. The van der Waals surface area contributed by atoms with Crippen LogP contribution in [0.5, 0.6) is 0 Å². The van der Waals surface area contributed by atoms with Crippen molar-refractivity contribution in [3.05, 3.63) is 77.9 Å². The number of carbonyl (C=O) groups is 3. The second-order valence-corrected chi connectivity index (χ2v) is 8.51. The third kappa shape index (κ3) is 5.63. The molecule has 2 heterocycles. The summed E-state index contributed by atoms with van der Waals surface area (Å²) in [5.41, 5.74) is 2.06. The van der Waals surface area contributed by atoms with Crippen molar-refractivity contribution in [2.45, 2.75) is 31.8 Å². The first-order valence-electron chi connectivity index (χ1n) is 11.2. The molecule has 2 saturated heterocycles. The van der Waals surface area contributed by atoms with E-state index in [1.165, 1.54) is 0 Å². The molecule has 0 saturated carbocycles. The molecule has 1 unspecified atom stereocenters. The van der Waals surface area contributed by atoms with Crippen LogP contribution in [0.4, 0.5) is 0 Å². The van der Waals surface area contributed by atoms with Gasteiger partial charge in [-0.05, 0) is 30.0 Å². The van der Waals surface area contributed by atoms with Crippen molar-refractivity contribution >= 4 is 23.8 Å². The second-order valence-electron chi connectivity index (χ2n) is 8.51. The molecule has 166 valence electrons. The molecule has 1 atom stereocenters. The zero-order chi connectivity index (χ0) is 22.3. The maximum Gasteiger partial charge on any atom is 0.244 e. The molecule has 2 fully saturated rings. The highest BCUT2D eigenvalue weighted by atomic mass is 16.2. The van der Waals surface area contributed by atoms with E-state index in [-0.39, 0.29) is 36.1 Å². The average Bonchev–Trinajstić information content (AvgIpc) is 3.19. The van der Waals surface area contributed by atoms with Crippen LogP contribution in [0, 0.1) is 5.92 Å². The maximum atomic E-state index is 13.0. The SMILES string of the molecule is O=C(/C=C/c1ccccc1)NC1CCN(C(=O)C2CC(=O)N(Cc3ccccc3)C2)CC1. The third-order valence-electron chi connectivity index (χ3n) is 6.16. The van der Waals surface area contributed by atoms with Gasteiger partial charge in [0.15, 0.2) is 0 Å². The number of nitrogens with one attached hydrogen (secondary N) is 1. The molecule has 0 spiro atoms. The van der Waals surface area contributed by atoms with E-state index in [0.717, 1.165) is 24.0 Å². The summed E-state index contributed by atoms with van der Waals surface area (Å²) in [5.74, 6) is -0.287. The normalized spacial score (nSPS) is 19.5. The molecule has 4 rings (SSSR count). The van der Waals surface area contributed by atoms with E-state index in [2.05, 4.69) is 5.32 Å². The van der Waals surface area contributed by atoms with Gasteiger partial charge in [-0.15, -0.1) is 0 Å². The van der Waals surface area contributed by atoms with E-state index in [1.807, 2.05) is 65.6 Å². The number of nitrogens with zero attached hydrogens (tertiary/aromatic N) is 2. The third-order valence-corrected chi connectivity index (χ3v) is 6.16. The van der Waals surface area contributed by atoms with Crippen LogP contribution in [0.15, 0.2) is 66.7 Å². The Balaban J connectivity index is 1.22. The van der Waals surface area contributed by atoms with Gasteiger partial charge in [-0.3, -0.25) is 14.4 Å². The first-order chi connectivity index (χ1) is 15.6. The molecule has 0 aromatic heterocycles. The summed E-state index contributed by atoms with van der Waals surface area (Å²) in [6.07, 6.45) is 5.09. The number of piperidine rings is 1. The van der Waals surface area contributed by atoms with Crippen molar-refractivity contribution in [1.82, 2.24) is 15.1 Å². The number of benzene rings is 2. The summed E-state index contributed by atoms with van der Waals surface area (Å²) in [4.78, 5) is 41.2. The summed E-state index contributed by atoms with van der Waals surface area (Å²) in [6.45, 7) is 2.24. The molecule has 3 amide bonds. The second kappa shape index (κ2) is 10.3. The molecule has 2 aromatic carbocycles. The number of likely N-dealkylation sites (tertiary alicyclic amines) is 2. The Hall–Kier alpha value is -3.41. The highest BCUT2D eigenvalue weighted by Gasteiger charge is 2.37. The molecule has 2 aromatic rings. The molecular formula is C26H29N3O3. The van der Waals surface area contributed by atoms with Gasteiger partial charge in [0.25, 0.3) is 0 Å². The van der Waals surface area contributed by atoms with Gasteiger partial charge in [0, 0.05) is 44.7 Å². The fourth-order valence-corrected chi connectivity index (χ4v) is 4.38. The van der Waals surface area contributed by atoms with Gasteiger partial charge < -0.3 is 15.1 Å². The van der Waals surface area contributed by atoms with E-state index in [4.69, 9.17) is 0 Å². The number of rotatable bonds is 6. The highest BCUT2D eigenvalue weighted by molar-refractivity contribution is 5.92. The summed E-state index contributed by atoms with van der Waals surface area (Å²) < 4.78 is 0. The van der Waals surface area contributed by atoms with Gasteiger partial charge >= 0.3 is 0 Å². The fraction of sp³-hybridized carbons (Fsp3) is 0.346. The van der Waals surface area contributed by atoms with Crippen LogP contribution in [-0.2, 0) is 20.9 Å². The zero-order valence-electron chi connectivity index (χ0n) is 18.2. The molecule has 0 aliphatic carbocycles. The number of hydrogen-bond acceptors (Lipinski definition) is 3. The van der Waals surface area contributed by atoms with Crippen LogP contribution >= 0.6 is 0 Å². The Morgan fingerprint density at radius 1 is 0.969 bits per heavy atom. The van der Waals surface area contributed by atoms with Crippen LogP contribution < -0.4 is 5.32 Å². The minimum absolute atomic E-state index is 0.0413. The molecule has 0 radical (unpaired) electrons. The van der Waals surface area contributed by atoms with Crippen LogP contribution in [0.25, 0.3) is 6.08 Å². The first-order valence-corrected chi connectivity index (χ1v) is 11.2. The molecule has 32 heavy (non-hydrogen) atoms. The Morgan fingerprint density at radius 2 is 1.62 bits per heavy atom. The van der Waals surface area contributed by atoms with Crippen molar-refractivity contribution in [2.24, 2.45) is 5.92 Å². The lowest BCUT2D eigenvalue weighted by atomic mass is 10.0. The van der Waals surface area contributed by atoms with Gasteiger partial charge in [-0.2, -0.15) is 0 Å². The molecule has 1 N–H and O–H groups in total. The van der Waals surface area contributed by atoms with Crippen LogP contribution in [-0.4, -0.2) is 53.2 Å². The molecule has 2 aliphatic rings. The molecule has 6 nitrogen and oxygen atoms in total. The Labute approximate surface area is 188 Å². The summed E-state index contributed by atoms with van der Waals surface area (Å²) in [5, 5.41) is 3.03. The first kappa shape index (κ1) is 21.8. The van der Waals surface area contributed by atoms with Gasteiger partial charge in [0.1, 0.15) is 0 Å². The largest absolute Gasteiger partial charge is 0.350 e. The van der Waals surface area contributed by atoms with E-state index in [0.29, 0.717) is 26.2 Å². The monoisotopic (exact) mass is 431 g/mol. The van der Waals surface area contributed by atoms with Crippen molar-refractivity contribution in [3.63, 3.8) is 0 Å². The standard InChI is InChI=1S/C26H29N3O3/c30-24(12-11-20-7-3-1-4-8-20)27-23-13-15-28(16-14-23)26(32)22-17-25(31)29(19-22)18-21-9-5-2-6-10-21/h1-12,22-23H,13-19H2,(H,27,30)/b12-11+. The quantitative estimate of drug-likeness (QED) is 0.715. The van der Waals surface area contributed by atoms with Gasteiger partial charge in [0.05, 0.1) is 5.92 Å². The molecule has 6 heteroatoms.